The molecule has 1 fully saturated rings. The van der Waals surface area contributed by atoms with Gasteiger partial charge in [0, 0.05) is 167 Å². The second-order valence-electron chi connectivity index (χ2n) is 20.0. The van der Waals surface area contributed by atoms with Crippen molar-refractivity contribution in [3.63, 3.8) is 0 Å². The van der Waals surface area contributed by atoms with E-state index >= 15 is 0 Å². The molecule has 9 nitrogen and oxygen atoms in total. The Bertz CT molecular complexity index is 2760. The molecule has 0 N–H and O–H groups in total. The van der Waals surface area contributed by atoms with Gasteiger partial charge >= 0.3 is 0 Å². The lowest BCUT2D eigenvalue weighted by Gasteiger charge is -2.20. The van der Waals surface area contributed by atoms with Crippen LogP contribution in [0.2, 0.25) is 0 Å². The first-order valence-electron chi connectivity index (χ1n) is 29.0. The van der Waals surface area contributed by atoms with Gasteiger partial charge in [0.15, 0.2) is 24.3 Å². The molecule has 4 aromatic carbocycles. The van der Waals surface area contributed by atoms with Crippen LogP contribution in [0.15, 0.2) is 170 Å². The largest absolute Gasteiger partial charge is 0.374 e. The molecule has 0 bridgehead atoms. The monoisotopic (exact) mass is 1240 g/mol. The van der Waals surface area contributed by atoms with Crippen LogP contribution < -0.4 is 33.3 Å². The Morgan fingerprint density at radius 3 is 0.906 bits per heavy atom. The second kappa shape index (κ2) is 44.5. The summed E-state index contributed by atoms with van der Waals surface area (Å²) < 4.78 is 6.70. The van der Waals surface area contributed by atoms with Crippen LogP contribution in [0.3, 0.4) is 0 Å². The van der Waals surface area contributed by atoms with E-state index in [4.69, 9.17) is 0 Å². The Labute approximate surface area is 535 Å². The molecule has 0 aliphatic heterocycles. The highest BCUT2D eigenvalue weighted by Crippen LogP contribution is 2.25. The zero-order valence-corrected chi connectivity index (χ0v) is 54.5. The molecule has 85 heavy (non-hydrogen) atoms. The van der Waals surface area contributed by atoms with E-state index in [0.29, 0.717) is 11.1 Å². The predicted molar refractivity (Wildman–Crippen MR) is 383 cm³/mol. The SMILES string of the molecule is C.C.C1CCCC1.CC[n+]1ccccc1/C=C/c1ccc(N(C)CCSSCCN(C)c2ccc(/C=C/c3cccc[n+]3CC)cc2)cc1.CC[n+]1ccccc1C.CN(CCSSCCN(C)c1ccc(C=O)cc1)c1ccc(C=O)cc1.Cl. The molecule has 1 aliphatic carbocycles. The summed E-state index contributed by atoms with van der Waals surface area (Å²) in [5.41, 5.74) is 12.4. The van der Waals surface area contributed by atoms with E-state index in [1.54, 1.807) is 0 Å². The number of benzene rings is 4. The lowest BCUT2D eigenvalue weighted by molar-refractivity contribution is -0.699. The highest BCUT2D eigenvalue weighted by atomic mass is 35.5. The fraction of sp³-hybridized carbons (Fsp3) is 0.366. The van der Waals surface area contributed by atoms with Gasteiger partial charge in [-0.15, -0.1) is 12.4 Å². The maximum Gasteiger partial charge on any atom is 0.205 e. The number of aldehydes is 2. The average Bonchev–Trinajstić information content (AvgIpc) is 4.16. The van der Waals surface area contributed by atoms with Crippen LogP contribution >= 0.6 is 55.6 Å². The van der Waals surface area contributed by atoms with Crippen molar-refractivity contribution in [3.8, 4) is 0 Å². The Morgan fingerprint density at radius 1 is 0.376 bits per heavy atom. The van der Waals surface area contributed by atoms with Gasteiger partial charge in [-0.1, -0.05) is 120 Å². The summed E-state index contributed by atoms with van der Waals surface area (Å²) in [6.07, 6.45) is 24.3. The first-order chi connectivity index (χ1) is 40.0. The molecule has 3 aromatic heterocycles. The Hall–Kier alpha value is -5.96. The summed E-state index contributed by atoms with van der Waals surface area (Å²) in [4.78, 5) is 30.5. The minimum atomic E-state index is 0. The van der Waals surface area contributed by atoms with Crippen molar-refractivity contribution in [2.75, 3.05) is 97.0 Å². The number of aryl methyl sites for hydroxylation is 4. The minimum Gasteiger partial charge on any atom is -0.374 e. The van der Waals surface area contributed by atoms with Gasteiger partial charge in [0.05, 0.1) is 0 Å². The summed E-state index contributed by atoms with van der Waals surface area (Å²) >= 11 is 0. The van der Waals surface area contributed by atoms with E-state index < -0.39 is 0 Å². The molecule has 0 spiro atoms. The summed E-state index contributed by atoms with van der Waals surface area (Å²) in [6, 6.07) is 51.8. The van der Waals surface area contributed by atoms with E-state index in [9.17, 15) is 9.59 Å². The molecule has 458 valence electrons. The van der Waals surface area contributed by atoms with Gasteiger partial charge in [-0.2, -0.15) is 9.13 Å². The summed E-state index contributed by atoms with van der Waals surface area (Å²) in [5.74, 6) is 4.26. The fourth-order valence-electron chi connectivity index (χ4n) is 8.76. The molecular weight excluding hydrogens is 1150 g/mol. The Balaban J connectivity index is 0.000000483. The van der Waals surface area contributed by atoms with Crippen LogP contribution in [-0.2, 0) is 19.6 Å². The molecule has 7 aromatic rings. The number of aromatic nitrogens is 3. The quantitative estimate of drug-likeness (QED) is 0.0215. The number of anilines is 4. The van der Waals surface area contributed by atoms with Crippen molar-refractivity contribution < 1.29 is 23.3 Å². The van der Waals surface area contributed by atoms with Crippen LogP contribution in [0.4, 0.5) is 22.7 Å². The number of halogens is 1. The maximum absolute atomic E-state index is 10.7. The second-order valence-corrected chi connectivity index (χ2v) is 25.4. The van der Waals surface area contributed by atoms with Gasteiger partial charge < -0.3 is 19.6 Å². The number of carbonyl (C=O) groups is 2. The molecule has 0 unspecified atom stereocenters. The molecule has 14 heteroatoms. The standard InChI is InChI=1S/C36H44N4S2.C20H24N2O2S2.C8H12N.C5H10.2CH4.ClH/c1-5-39-25-9-7-11-35(39)23-17-31-13-19-33(20-14-31)37(3)27-29-41-42-30-28-38(4)34-21-15-32(16-22-34)18-24-36-12-8-10-26-40(36)6-2;1-21(19-7-3-17(15-23)4-8-19)11-13-25-26-14-12-22(2)20-9-5-18(16-24)6-10-20;1-3-9-7-5-4-6-8(9)2;1-2-4-5-3-1;;;/h7-26H,5-6,27-30H2,1-4H3;3-10,15-16H,11-14H2,1-2H3;4-7H,3H2,1-2H3;1-5H2;2*1H4;1H/q+2;;+1;;;;. The highest BCUT2D eigenvalue weighted by molar-refractivity contribution is 8.77. The van der Waals surface area contributed by atoms with E-state index in [1.807, 2.05) is 91.7 Å². The first kappa shape index (κ1) is 75.1. The highest BCUT2D eigenvalue weighted by Gasteiger charge is 2.08. The smallest absolute Gasteiger partial charge is 0.205 e. The lowest BCUT2D eigenvalue weighted by atomic mass is 10.1. The van der Waals surface area contributed by atoms with Crippen LogP contribution in [0, 0.1) is 6.92 Å². The zero-order chi connectivity index (χ0) is 58.6. The van der Waals surface area contributed by atoms with E-state index in [0.717, 1.165) is 92.8 Å². The normalized spacial score (nSPS) is 11.2. The van der Waals surface area contributed by atoms with Crippen molar-refractivity contribution in [2.24, 2.45) is 0 Å². The van der Waals surface area contributed by atoms with Crippen molar-refractivity contribution >= 4 is 115 Å². The van der Waals surface area contributed by atoms with Crippen molar-refractivity contribution in [3.05, 3.63) is 210 Å². The molecule has 0 radical (unpaired) electrons. The number of nitrogens with zero attached hydrogens (tertiary/aromatic N) is 7. The molecule has 8 rings (SSSR count). The van der Waals surface area contributed by atoms with Crippen LogP contribution in [0.5, 0.6) is 0 Å². The number of pyridine rings is 3. The fourth-order valence-corrected chi connectivity index (χ4v) is 12.9. The minimum absolute atomic E-state index is 0. The number of hydrogen-bond donors (Lipinski definition) is 0. The van der Waals surface area contributed by atoms with Gasteiger partial charge in [0.2, 0.25) is 11.4 Å². The topological polar surface area (TPSA) is 58.7 Å². The summed E-state index contributed by atoms with van der Waals surface area (Å²) in [5, 5.41) is 0. The number of carbonyl (C=O) groups excluding carboxylic acids is 2. The third kappa shape index (κ3) is 28.4. The molecule has 0 atom stereocenters. The maximum atomic E-state index is 10.7. The third-order valence-corrected chi connectivity index (χ3v) is 18.8. The van der Waals surface area contributed by atoms with Gasteiger partial charge in [-0.05, 0) is 129 Å². The van der Waals surface area contributed by atoms with Crippen LogP contribution in [0.1, 0.15) is 117 Å². The molecular formula is C71H99ClN7O2S4+3. The summed E-state index contributed by atoms with van der Waals surface area (Å²) in [7, 11) is 16.2. The van der Waals surface area contributed by atoms with Crippen LogP contribution in [-0.4, -0.2) is 90.0 Å². The van der Waals surface area contributed by atoms with Crippen LogP contribution in [0.25, 0.3) is 24.3 Å². The number of rotatable bonds is 27. The predicted octanol–water partition coefficient (Wildman–Crippen LogP) is 16.8. The van der Waals surface area contributed by atoms with E-state index in [-0.39, 0.29) is 27.3 Å². The Kier molecular flexibility index (Phi) is 39.3. The summed E-state index contributed by atoms with van der Waals surface area (Å²) in [6.45, 7) is 15.6. The van der Waals surface area contributed by atoms with Crippen molar-refractivity contribution in [1.29, 1.82) is 0 Å². The number of hydrogen-bond acceptors (Lipinski definition) is 10. The lowest BCUT2D eigenvalue weighted by Crippen LogP contribution is -2.34. The van der Waals surface area contributed by atoms with Gasteiger partial charge in [0.1, 0.15) is 32.2 Å². The van der Waals surface area contributed by atoms with Crippen molar-refractivity contribution in [2.45, 2.75) is 94.3 Å². The van der Waals surface area contributed by atoms with Gasteiger partial charge in [-0.3, -0.25) is 9.59 Å². The average molecular weight is 1250 g/mol. The van der Waals surface area contributed by atoms with Gasteiger partial charge in [0.25, 0.3) is 0 Å². The van der Waals surface area contributed by atoms with Gasteiger partial charge in [-0.25, -0.2) is 4.57 Å². The molecule has 1 saturated carbocycles. The van der Waals surface area contributed by atoms with E-state index in [1.165, 1.54) is 71.7 Å². The zero-order valence-electron chi connectivity index (χ0n) is 50.4. The Morgan fingerprint density at radius 2 is 0.647 bits per heavy atom. The van der Waals surface area contributed by atoms with Crippen molar-refractivity contribution in [1.82, 2.24) is 0 Å². The molecule has 3 heterocycles. The third-order valence-electron chi connectivity index (χ3n) is 14.1. The van der Waals surface area contributed by atoms with E-state index in [2.05, 4.69) is 235 Å². The first-order valence-corrected chi connectivity index (χ1v) is 33.9. The molecule has 0 saturated heterocycles. The molecule has 0 amide bonds. The molecule has 1 aliphatic rings.